The number of halogens is 3. The van der Waals surface area contributed by atoms with Gasteiger partial charge in [0, 0.05) is 19.5 Å². The fourth-order valence-corrected chi connectivity index (χ4v) is 3.39. The van der Waals surface area contributed by atoms with Crippen molar-refractivity contribution in [2.24, 2.45) is 7.05 Å². The molecule has 10 heteroatoms. The first-order valence-electron chi connectivity index (χ1n) is 9.71. The molecule has 0 aliphatic rings. The first kappa shape index (κ1) is 22.5. The Kier molecular flexibility index (Phi) is 6.19. The molecular weight excluding hydrogens is 411 g/mol. The zero-order chi connectivity index (χ0) is 22.9. The lowest BCUT2D eigenvalue weighted by atomic mass is 10.0. The molecule has 0 atom stereocenters. The van der Waals surface area contributed by atoms with Crippen molar-refractivity contribution >= 4 is 22.6 Å². The maximum Gasteiger partial charge on any atom is 0.433 e. The molecule has 0 saturated heterocycles. The summed E-state index contributed by atoms with van der Waals surface area (Å²) in [5.74, 6) is 0.245. The summed E-state index contributed by atoms with van der Waals surface area (Å²) in [7, 11) is 3.09. The molecule has 0 radical (unpaired) electrons. The molecule has 0 aliphatic heterocycles. The average Bonchev–Trinajstić information content (AvgIpc) is 2.98. The van der Waals surface area contributed by atoms with E-state index in [4.69, 9.17) is 4.74 Å². The summed E-state index contributed by atoms with van der Waals surface area (Å²) in [5.41, 5.74) is 2.59. The fraction of sp³-hybridized carbons (Fsp3) is 0.429. The molecule has 0 amide bonds. The summed E-state index contributed by atoms with van der Waals surface area (Å²) >= 11 is 0. The summed E-state index contributed by atoms with van der Waals surface area (Å²) in [6, 6.07) is 4.06. The number of alkyl halides is 3. The molecule has 3 rings (SSSR count). The van der Waals surface area contributed by atoms with E-state index >= 15 is 0 Å². The molecule has 3 aromatic rings. The average molecular weight is 435 g/mol. The molecule has 166 valence electrons. The summed E-state index contributed by atoms with van der Waals surface area (Å²) in [5, 5.41) is 7.41. The predicted octanol–water partition coefficient (Wildman–Crippen LogP) is 4.05. The number of fused-ring (bicyclic) bond motifs is 1. The molecule has 0 fully saturated rings. The van der Waals surface area contributed by atoms with Crippen molar-refractivity contribution in [3.63, 3.8) is 0 Å². The third-order valence-corrected chi connectivity index (χ3v) is 4.84. The van der Waals surface area contributed by atoms with E-state index in [-0.39, 0.29) is 36.1 Å². The number of ether oxygens (including phenoxy) is 1. The van der Waals surface area contributed by atoms with Gasteiger partial charge in [0.25, 0.3) is 0 Å². The Labute approximate surface area is 177 Å². The van der Waals surface area contributed by atoms with Crippen LogP contribution in [0, 0.1) is 6.92 Å². The van der Waals surface area contributed by atoms with Crippen molar-refractivity contribution in [1.82, 2.24) is 19.7 Å². The van der Waals surface area contributed by atoms with Gasteiger partial charge >= 0.3 is 6.18 Å². The molecule has 3 heterocycles. The Morgan fingerprint density at radius 2 is 1.94 bits per heavy atom. The van der Waals surface area contributed by atoms with Crippen molar-refractivity contribution in [3.8, 4) is 5.88 Å². The van der Waals surface area contributed by atoms with Crippen LogP contribution < -0.4 is 10.1 Å². The van der Waals surface area contributed by atoms with E-state index in [1.54, 1.807) is 4.68 Å². The first-order valence-corrected chi connectivity index (χ1v) is 9.71. The molecular formula is C21H24F3N5O2. The largest absolute Gasteiger partial charge is 0.481 e. The zero-order valence-electron chi connectivity index (χ0n) is 18.0. The van der Waals surface area contributed by atoms with Crippen molar-refractivity contribution in [3.05, 3.63) is 40.7 Å². The van der Waals surface area contributed by atoms with Gasteiger partial charge in [-0.2, -0.15) is 18.3 Å². The number of pyridine rings is 2. The number of nitrogens with one attached hydrogen (secondary N) is 1. The number of aromatic nitrogens is 4. The van der Waals surface area contributed by atoms with Gasteiger partial charge in [-0.3, -0.25) is 9.48 Å². The molecule has 31 heavy (non-hydrogen) atoms. The number of Topliss-reactive ketones (excluding diaryl/α,β-unsaturated/α-hetero) is 1. The van der Waals surface area contributed by atoms with Gasteiger partial charge in [-0.05, 0) is 36.1 Å². The number of anilines is 1. The Bertz CT molecular complexity index is 1120. The van der Waals surface area contributed by atoms with Crippen LogP contribution in [0.5, 0.6) is 5.88 Å². The van der Waals surface area contributed by atoms with E-state index in [1.165, 1.54) is 13.2 Å². The molecule has 1 N–H and O–H groups in total. The lowest BCUT2D eigenvalue weighted by Gasteiger charge is -2.13. The molecule has 0 bridgehead atoms. The highest BCUT2D eigenvalue weighted by Gasteiger charge is 2.33. The summed E-state index contributed by atoms with van der Waals surface area (Å²) in [4.78, 5) is 20.4. The topological polar surface area (TPSA) is 81.9 Å². The van der Waals surface area contributed by atoms with Crippen LogP contribution in [-0.4, -0.2) is 39.2 Å². The van der Waals surface area contributed by atoms with Crippen molar-refractivity contribution in [2.75, 3.05) is 19.0 Å². The predicted molar refractivity (Wildman–Crippen MR) is 110 cm³/mol. The zero-order valence-corrected chi connectivity index (χ0v) is 18.0. The second kappa shape index (κ2) is 8.52. The Hall–Kier alpha value is -3.17. The SMILES string of the molecule is COc1cc(CC(=O)CNc2cc(C(C)C)c3c(n2)c(C)nn3C)cc(C(F)(F)F)n1. The molecule has 3 aromatic heterocycles. The van der Waals surface area contributed by atoms with Gasteiger partial charge in [0.15, 0.2) is 5.78 Å². The second-order valence-electron chi connectivity index (χ2n) is 7.63. The molecule has 0 aliphatic carbocycles. The summed E-state index contributed by atoms with van der Waals surface area (Å²) < 4.78 is 45.7. The van der Waals surface area contributed by atoms with Gasteiger partial charge < -0.3 is 10.1 Å². The van der Waals surface area contributed by atoms with E-state index in [2.05, 4.69) is 34.2 Å². The van der Waals surface area contributed by atoms with E-state index in [9.17, 15) is 18.0 Å². The van der Waals surface area contributed by atoms with Crippen molar-refractivity contribution in [2.45, 2.75) is 39.3 Å². The minimum absolute atomic E-state index is 0.0820. The molecule has 0 saturated carbocycles. The number of hydrogen-bond donors (Lipinski definition) is 1. The minimum atomic E-state index is -4.63. The van der Waals surface area contributed by atoms with E-state index in [0.29, 0.717) is 5.82 Å². The summed E-state index contributed by atoms with van der Waals surface area (Å²) in [6.07, 6.45) is -4.82. The van der Waals surface area contributed by atoms with Gasteiger partial charge in [-0.1, -0.05) is 13.8 Å². The van der Waals surface area contributed by atoms with E-state index < -0.39 is 11.9 Å². The van der Waals surface area contributed by atoms with E-state index in [1.807, 2.05) is 20.0 Å². The number of nitrogens with zero attached hydrogens (tertiary/aromatic N) is 4. The van der Waals surface area contributed by atoms with Crippen LogP contribution in [0.15, 0.2) is 18.2 Å². The van der Waals surface area contributed by atoms with Crippen molar-refractivity contribution in [1.29, 1.82) is 0 Å². The Balaban J connectivity index is 1.79. The fourth-order valence-electron chi connectivity index (χ4n) is 3.39. The van der Waals surface area contributed by atoms with Gasteiger partial charge in [0.1, 0.15) is 17.0 Å². The van der Waals surface area contributed by atoms with Crippen molar-refractivity contribution < 1.29 is 22.7 Å². The molecule has 7 nitrogen and oxygen atoms in total. The number of hydrogen-bond acceptors (Lipinski definition) is 6. The molecule has 0 aromatic carbocycles. The Morgan fingerprint density at radius 3 is 2.55 bits per heavy atom. The quantitative estimate of drug-likeness (QED) is 0.603. The van der Waals surface area contributed by atoms with Crippen LogP contribution in [0.4, 0.5) is 19.0 Å². The first-order chi connectivity index (χ1) is 14.5. The van der Waals surface area contributed by atoms with Crippen LogP contribution in [0.1, 0.15) is 42.3 Å². The lowest BCUT2D eigenvalue weighted by Crippen LogP contribution is -2.18. The second-order valence-corrected chi connectivity index (χ2v) is 7.63. The highest BCUT2D eigenvalue weighted by molar-refractivity contribution is 5.86. The number of carbonyl (C=O) groups excluding carboxylic acids is 1. The number of aryl methyl sites for hydroxylation is 2. The lowest BCUT2D eigenvalue weighted by molar-refractivity contribution is -0.141. The number of carbonyl (C=O) groups is 1. The maximum atomic E-state index is 13.0. The van der Waals surface area contributed by atoms with Gasteiger partial charge in [-0.15, -0.1) is 0 Å². The number of methoxy groups -OCH3 is 1. The number of ketones is 1. The van der Waals surface area contributed by atoms with Gasteiger partial charge in [0.05, 0.1) is 24.9 Å². The van der Waals surface area contributed by atoms with Crippen LogP contribution in [0.3, 0.4) is 0 Å². The smallest absolute Gasteiger partial charge is 0.433 e. The highest BCUT2D eigenvalue weighted by Crippen LogP contribution is 2.30. The molecule has 0 spiro atoms. The molecule has 0 unspecified atom stereocenters. The Morgan fingerprint density at radius 1 is 1.23 bits per heavy atom. The normalized spacial score (nSPS) is 11.9. The minimum Gasteiger partial charge on any atom is -0.481 e. The van der Waals surface area contributed by atoms with E-state index in [0.717, 1.165) is 28.4 Å². The summed E-state index contributed by atoms with van der Waals surface area (Å²) in [6.45, 7) is 5.90. The van der Waals surface area contributed by atoms with Crippen LogP contribution in [-0.2, 0) is 24.4 Å². The third kappa shape index (κ3) is 4.95. The van der Waals surface area contributed by atoms with Crippen LogP contribution in [0.25, 0.3) is 11.0 Å². The van der Waals surface area contributed by atoms with Gasteiger partial charge in [-0.25, -0.2) is 9.97 Å². The maximum absolute atomic E-state index is 13.0. The standard InChI is InChI=1S/C21H24F3N5O2/c1-11(2)15-9-17(27-19-12(3)28-29(4)20(15)19)25-10-14(30)6-13-7-16(21(22,23)24)26-18(8-13)31-5/h7-9,11H,6,10H2,1-5H3,(H,25,27). The third-order valence-electron chi connectivity index (χ3n) is 4.84. The highest BCUT2D eigenvalue weighted by atomic mass is 19.4. The van der Waals surface area contributed by atoms with Gasteiger partial charge in [0.2, 0.25) is 5.88 Å². The van der Waals surface area contributed by atoms with Crippen LogP contribution >= 0.6 is 0 Å². The van der Waals surface area contributed by atoms with Crippen LogP contribution in [0.2, 0.25) is 0 Å². The monoisotopic (exact) mass is 435 g/mol. The number of rotatable bonds is 7.